The smallest absolute Gasteiger partial charge is 0.324 e. The molecule has 0 atom stereocenters. The Morgan fingerprint density at radius 2 is 1.48 bits per heavy atom. The molecule has 0 fully saturated rings. The van der Waals surface area contributed by atoms with Gasteiger partial charge in [-0.15, -0.1) is 10.2 Å². The standard InChI is InChI=1S/C30H20N6O4/c31-18-20-27(24-12-6-16-38-24)28(25-13-7-17-39-25)40-29(20)32-22-10-4-5-11-23(22)33-30(37)34-26-15-14-21(35-36-26)19-8-2-1-3-9-19/h1-17,32H,(H2,33,34,36,37). The number of carbonyl (C=O) groups is 1. The highest BCUT2D eigenvalue weighted by Gasteiger charge is 2.27. The van der Waals surface area contributed by atoms with Crippen LogP contribution in [0, 0.1) is 11.3 Å². The molecule has 0 unspecified atom stereocenters. The average molecular weight is 529 g/mol. The van der Waals surface area contributed by atoms with Crippen LogP contribution in [0.4, 0.5) is 27.9 Å². The normalized spacial score (nSPS) is 10.6. The van der Waals surface area contributed by atoms with E-state index in [1.54, 1.807) is 60.7 Å². The van der Waals surface area contributed by atoms with Gasteiger partial charge in [-0.25, -0.2) is 4.79 Å². The maximum atomic E-state index is 12.8. The first-order valence-electron chi connectivity index (χ1n) is 12.2. The zero-order chi connectivity index (χ0) is 27.3. The number of anilines is 4. The molecule has 0 saturated carbocycles. The van der Waals surface area contributed by atoms with Crippen molar-refractivity contribution in [3.8, 4) is 40.2 Å². The van der Waals surface area contributed by atoms with Crippen molar-refractivity contribution >= 4 is 29.1 Å². The monoisotopic (exact) mass is 528 g/mol. The lowest BCUT2D eigenvalue weighted by Gasteiger charge is -2.12. The third kappa shape index (κ3) is 4.90. The van der Waals surface area contributed by atoms with Gasteiger partial charge in [0.2, 0.25) is 5.88 Å². The van der Waals surface area contributed by atoms with Crippen LogP contribution < -0.4 is 16.0 Å². The van der Waals surface area contributed by atoms with Crippen LogP contribution in [0.15, 0.2) is 117 Å². The number of aromatic nitrogens is 2. The minimum atomic E-state index is -0.525. The second kappa shape index (κ2) is 10.7. The Balaban J connectivity index is 1.24. The van der Waals surface area contributed by atoms with Crippen molar-refractivity contribution in [2.24, 2.45) is 0 Å². The number of hydrogen-bond donors (Lipinski definition) is 3. The lowest BCUT2D eigenvalue weighted by atomic mass is 10.1. The molecule has 4 heterocycles. The van der Waals surface area contributed by atoms with Crippen molar-refractivity contribution in [1.82, 2.24) is 10.2 Å². The number of nitriles is 1. The molecule has 10 nitrogen and oxygen atoms in total. The highest BCUT2D eigenvalue weighted by atomic mass is 16.4. The van der Waals surface area contributed by atoms with Crippen LogP contribution in [0.3, 0.4) is 0 Å². The summed E-state index contributed by atoms with van der Waals surface area (Å²) in [5.41, 5.74) is 3.21. The lowest BCUT2D eigenvalue weighted by Crippen LogP contribution is -2.21. The molecule has 6 aromatic rings. The molecule has 0 saturated heterocycles. The fraction of sp³-hybridized carbons (Fsp3) is 0. The van der Waals surface area contributed by atoms with E-state index in [0.717, 1.165) is 5.56 Å². The molecule has 6 rings (SSSR count). The molecule has 194 valence electrons. The molecule has 0 radical (unpaired) electrons. The van der Waals surface area contributed by atoms with Gasteiger partial charge < -0.3 is 23.9 Å². The number of furan rings is 3. The van der Waals surface area contributed by atoms with Gasteiger partial charge >= 0.3 is 6.03 Å². The van der Waals surface area contributed by atoms with E-state index in [2.05, 4.69) is 32.2 Å². The number of benzene rings is 2. The van der Waals surface area contributed by atoms with Crippen molar-refractivity contribution < 1.29 is 18.0 Å². The van der Waals surface area contributed by atoms with E-state index < -0.39 is 6.03 Å². The molecular formula is C30H20N6O4. The molecule has 4 aromatic heterocycles. The van der Waals surface area contributed by atoms with Crippen LogP contribution in [0.25, 0.3) is 34.1 Å². The number of nitrogens with zero attached hydrogens (tertiary/aromatic N) is 3. The Kier molecular flexibility index (Phi) is 6.51. The number of hydrogen-bond acceptors (Lipinski definition) is 8. The Hall–Kier alpha value is -6.08. The van der Waals surface area contributed by atoms with Gasteiger partial charge in [0, 0.05) is 5.56 Å². The van der Waals surface area contributed by atoms with E-state index in [-0.39, 0.29) is 17.3 Å². The first-order valence-corrected chi connectivity index (χ1v) is 12.2. The van der Waals surface area contributed by atoms with Crippen molar-refractivity contribution in [2.45, 2.75) is 0 Å². The van der Waals surface area contributed by atoms with Gasteiger partial charge in [-0.2, -0.15) is 5.26 Å². The van der Waals surface area contributed by atoms with Gasteiger partial charge in [0.25, 0.3) is 0 Å². The second-order valence-corrected chi connectivity index (χ2v) is 8.50. The molecule has 10 heteroatoms. The summed E-state index contributed by atoms with van der Waals surface area (Å²) in [5, 5.41) is 26.9. The predicted molar refractivity (Wildman–Crippen MR) is 149 cm³/mol. The quantitative estimate of drug-likeness (QED) is 0.193. The minimum absolute atomic E-state index is 0.164. The number of amides is 2. The molecule has 0 bridgehead atoms. The zero-order valence-corrected chi connectivity index (χ0v) is 20.8. The van der Waals surface area contributed by atoms with Gasteiger partial charge in [0.15, 0.2) is 17.3 Å². The Labute approximate surface area is 227 Å². The summed E-state index contributed by atoms with van der Waals surface area (Å²) in [5.74, 6) is 1.66. The minimum Gasteiger partial charge on any atom is -0.464 e. The molecule has 0 spiro atoms. The van der Waals surface area contributed by atoms with Crippen molar-refractivity contribution in [3.05, 3.63) is 109 Å². The van der Waals surface area contributed by atoms with E-state index >= 15 is 0 Å². The summed E-state index contributed by atoms with van der Waals surface area (Å²) >= 11 is 0. The van der Waals surface area contributed by atoms with Crippen LogP contribution in [-0.2, 0) is 0 Å². The Bertz CT molecular complexity index is 1790. The summed E-state index contributed by atoms with van der Waals surface area (Å²) < 4.78 is 17.2. The first-order chi connectivity index (χ1) is 19.7. The molecule has 0 aliphatic carbocycles. The van der Waals surface area contributed by atoms with Crippen LogP contribution in [0.5, 0.6) is 0 Å². The van der Waals surface area contributed by atoms with Crippen LogP contribution in [0.1, 0.15) is 5.56 Å². The predicted octanol–water partition coefficient (Wildman–Crippen LogP) is 7.52. The number of rotatable bonds is 7. The maximum Gasteiger partial charge on any atom is 0.324 e. The summed E-state index contributed by atoms with van der Waals surface area (Å²) in [7, 11) is 0. The molecule has 0 aliphatic rings. The van der Waals surface area contributed by atoms with Gasteiger partial charge in [-0.1, -0.05) is 42.5 Å². The van der Waals surface area contributed by atoms with E-state index in [9.17, 15) is 10.1 Å². The third-order valence-electron chi connectivity index (χ3n) is 5.93. The summed E-state index contributed by atoms with van der Waals surface area (Å²) in [6.07, 6.45) is 3.03. The van der Waals surface area contributed by atoms with E-state index in [1.165, 1.54) is 12.5 Å². The highest BCUT2D eigenvalue weighted by Crippen LogP contribution is 2.43. The maximum absolute atomic E-state index is 12.8. The van der Waals surface area contributed by atoms with Crippen molar-refractivity contribution in [3.63, 3.8) is 0 Å². The van der Waals surface area contributed by atoms with Crippen LogP contribution in [-0.4, -0.2) is 16.2 Å². The van der Waals surface area contributed by atoms with Gasteiger partial charge in [0.1, 0.15) is 17.4 Å². The molecule has 2 aromatic carbocycles. The number of nitrogens with one attached hydrogen (secondary N) is 3. The fourth-order valence-corrected chi connectivity index (χ4v) is 4.12. The van der Waals surface area contributed by atoms with Crippen molar-refractivity contribution in [2.75, 3.05) is 16.0 Å². The average Bonchev–Trinajstić information content (AvgIpc) is 3.76. The van der Waals surface area contributed by atoms with Crippen molar-refractivity contribution in [1.29, 1.82) is 5.26 Å². The topological polar surface area (TPSA) is 142 Å². The Morgan fingerprint density at radius 3 is 2.15 bits per heavy atom. The highest BCUT2D eigenvalue weighted by molar-refractivity contribution is 6.01. The first kappa shape index (κ1) is 24.3. The van der Waals surface area contributed by atoms with E-state index in [4.69, 9.17) is 13.3 Å². The van der Waals surface area contributed by atoms with Gasteiger partial charge in [-0.3, -0.25) is 5.32 Å². The molecule has 3 N–H and O–H groups in total. The fourth-order valence-electron chi connectivity index (χ4n) is 4.12. The van der Waals surface area contributed by atoms with E-state index in [1.807, 2.05) is 30.3 Å². The summed E-state index contributed by atoms with van der Waals surface area (Å²) in [6.45, 7) is 0. The number of urea groups is 1. The molecule has 2 amide bonds. The number of para-hydroxylation sites is 2. The Morgan fingerprint density at radius 1 is 0.750 bits per heavy atom. The molecule has 0 aliphatic heterocycles. The molecular weight excluding hydrogens is 508 g/mol. The third-order valence-corrected chi connectivity index (χ3v) is 5.93. The van der Waals surface area contributed by atoms with Gasteiger partial charge in [0.05, 0.1) is 35.2 Å². The van der Waals surface area contributed by atoms with Crippen LogP contribution >= 0.6 is 0 Å². The lowest BCUT2D eigenvalue weighted by molar-refractivity contribution is 0.262. The van der Waals surface area contributed by atoms with Crippen LogP contribution in [0.2, 0.25) is 0 Å². The SMILES string of the molecule is N#Cc1c(Nc2ccccc2NC(=O)Nc2ccc(-c3ccccc3)nn2)oc(-c2ccco2)c1-c1ccco1. The zero-order valence-electron chi connectivity index (χ0n) is 20.8. The van der Waals surface area contributed by atoms with E-state index in [0.29, 0.717) is 39.9 Å². The summed E-state index contributed by atoms with van der Waals surface area (Å²) in [6, 6.07) is 28.7. The molecule has 40 heavy (non-hydrogen) atoms. The largest absolute Gasteiger partial charge is 0.464 e. The van der Waals surface area contributed by atoms with Gasteiger partial charge in [-0.05, 0) is 48.5 Å². The summed E-state index contributed by atoms with van der Waals surface area (Å²) in [4.78, 5) is 12.8. The number of carbonyl (C=O) groups excluding carboxylic acids is 1. The second-order valence-electron chi connectivity index (χ2n) is 8.50.